The molecule has 2 heteroatoms. The van der Waals surface area contributed by atoms with Crippen LogP contribution >= 0.6 is 15.9 Å². The maximum Gasteiger partial charge on any atom is 0.0175 e. The summed E-state index contributed by atoms with van der Waals surface area (Å²) in [6.45, 7) is 6.72. The zero-order valence-corrected chi connectivity index (χ0v) is 11.7. The molecule has 0 N–H and O–H groups in total. The van der Waals surface area contributed by atoms with Crippen LogP contribution in [0.3, 0.4) is 0 Å². The zero-order valence-electron chi connectivity index (χ0n) is 10.1. The maximum absolute atomic E-state index is 3.44. The minimum atomic E-state index is 1.13. The molecule has 0 heterocycles. The summed E-state index contributed by atoms with van der Waals surface area (Å²) in [6.07, 6.45) is 6.78. The molecule has 1 rings (SSSR count). The third-order valence-electron chi connectivity index (χ3n) is 2.37. The molecule has 0 amide bonds. The van der Waals surface area contributed by atoms with Crippen LogP contribution in [0.5, 0.6) is 0 Å². The van der Waals surface area contributed by atoms with Gasteiger partial charge in [0.2, 0.25) is 0 Å². The van der Waals surface area contributed by atoms with Gasteiger partial charge in [-0.3, -0.25) is 0 Å². The Morgan fingerprint density at radius 1 is 1.06 bits per heavy atom. The van der Waals surface area contributed by atoms with Gasteiger partial charge in [-0.2, -0.15) is 0 Å². The van der Waals surface area contributed by atoms with Gasteiger partial charge in [0.15, 0.2) is 0 Å². The van der Waals surface area contributed by atoms with Gasteiger partial charge in [0.25, 0.3) is 0 Å². The first-order chi connectivity index (χ1) is 7.76. The van der Waals surface area contributed by atoms with Gasteiger partial charge in [-0.25, -0.2) is 0 Å². The Kier molecular flexibility index (Phi) is 6.24. The molecule has 0 radical (unpaired) electrons. The Morgan fingerprint density at radius 3 is 2.12 bits per heavy atom. The fourth-order valence-corrected chi connectivity index (χ4v) is 1.87. The van der Waals surface area contributed by atoms with Crippen LogP contribution in [-0.4, -0.2) is 18.0 Å². The third kappa shape index (κ3) is 4.84. The molecule has 0 aliphatic rings. The van der Waals surface area contributed by atoms with Gasteiger partial charge in [-0.1, -0.05) is 41.9 Å². The molecular formula is C14H20BrN. The molecule has 0 atom stereocenters. The SMILES string of the molecule is CCCN(/C=C/c1ccc(Br)cc1)CCC. The summed E-state index contributed by atoms with van der Waals surface area (Å²) in [4.78, 5) is 2.38. The van der Waals surface area contributed by atoms with E-state index >= 15 is 0 Å². The predicted molar refractivity (Wildman–Crippen MR) is 75.3 cm³/mol. The first-order valence-electron chi connectivity index (χ1n) is 5.94. The average molecular weight is 282 g/mol. The minimum Gasteiger partial charge on any atom is -0.377 e. The minimum absolute atomic E-state index is 1.13. The van der Waals surface area contributed by atoms with E-state index < -0.39 is 0 Å². The van der Waals surface area contributed by atoms with E-state index in [4.69, 9.17) is 0 Å². The van der Waals surface area contributed by atoms with Crippen LogP contribution in [-0.2, 0) is 0 Å². The summed E-state index contributed by atoms with van der Waals surface area (Å²) < 4.78 is 1.13. The molecular weight excluding hydrogens is 262 g/mol. The highest BCUT2D eigenvalue weighted by atomic mass is 79.9. The summed E-state index contributed by atoms with van der Waals surface area (Å²) in [7, 11) is 0. The number of hydrogen-bond acceptors (Lipinski definition) is 1. The molecule has 0 aliphatic carbocycles. The van der Waals surface area contributed by atoms with Crippen molar-refractivity contribution in [2.45, 2.75) is 26.7 Å². The number of benzene rings is 1. The van der Waals surface area contributed by atoms with E-state index in [-0.39, 0.29) is 0 Å². The van der Waals surface area contributed by atoms with Crippen molar-refractivity contribution in [3.05, 3.63) is 40.5 Å². The lowest BCUT2D eigenvalue weighted by molar-refractivity contribution is 0.378. The second-order valence-corrected chi connectivity index (χ2v) is 4.82. The molecule has 88 valence electrons. The van der Waals surface area contributed by atoms with Crippen molar-refractivity contribution in [3.63, 3.8) is 0 Å². The molecule has 0 unspecified atom stereocenters. The summed E-state index contributed by atoms with van der Waals surface area (Å²) in [5, 5.41) is 0. The molecule has 1 nitrogen and oxygen atoms in total. The van der Waals surface area contributed by atoms with Crippen LogP contribution in [0, 0.1) is 0 Å². The quantitative estimate of drug-likeness (QED) is 0.740. The van der Waals surface area contributed by atoms with E-state index in [0.717, 1.165) is 17.6 Å². The Hall–Kier alpha value is -0.760. The van der Waals surface area contributed by atoms with E-state index in [1.165, 1.54) is 18.4 Å². The molecule has 0 fully saturated rings. The van der Waals surface area contributed by atoms with Crippen LogP contribution in [0.4, 0.5) is 0 Å². The monoisotopic (exact) mass is 281 g/mol. The lowest BCUT2D eigenvalue weighted by Gasteiger charge is -2.18. The van der Waals surface area contributed by atoms with Crippen LogP contribution in [0.25, 0.3) is 6.08 Å². The summed E-state index contributed by atoms with van der Waals surface area (Å²) in [5.74, 6) is 0. The lowest BCUT2D eigenvalue weighted by atomic mass is 10.2. The van der Waals surface area contributed by atoms with Crippen molar-refractivity contribution in [2.24, 2.45) is 0 Å². The molecule has 0 bridgehead atoms. The fourth-order valence-electron chi connectivity index (χ4n) is 1.60. The van der Waals surface area contributed by atoms with Crippen LogP contribution in [0.1, 0.15) is 32.3 Å². The number of hydrogen-bond donors (Lipinski definition) is 0. The van der Waals surface area contributed by atoms with Crippen LogP contribution < -0.4 is 0 Å². The van der Waals surface area contributed by atoms with Crippen molar-refractivity contribution < 1.29 is 0 Å². The normalized spacial score (nSPS) is 10.9. The maximum atomic E-state index is 3.44. The van der Waals surface area contributed by atoms with Gasteiger partial charge in [-0.15, -0.1) is 0 Å². The predicted octanol–water partition coefficient (Wildman–Crippen LogP) is 4.54. The van der Waals surface area contributed by atoms with Crippen LogP contribution in [0.15, 0.2) is 34.9 Å². The van der Waals surface area contributed by atoms with E-state index in [1.807, 2.05) is 0 Å². The van der Waals surface area contributed by atoms with E-state index in [2.05, 4.69) is 71.2 Å². The summed E-state index contributed by atoms with van der Waals surface area (Å²) in [6, 6.07) is 8.39. The zero-order chi connectivity index (χ0) is 11.8. The first kappa shape index (κ1) is 13.3. The fraction of sp³-hybridized carbons (Fsp3) is 0.429. The standard InChI is InChI=1S/C14H20BrN/c1-3-10-16(11-4-2)12-9-13-5-7-14(15)8-6-13/h5-9,12H,3-4,10-11H2,1-2H3/b12-9+. The summed E-state index contributed by atoms with van der Waals surface area (Å²) >= 11 is 3.44. The number of nitrogens with zero attached hydrogens (tertiary/aromatic N) is 1. The molecule has 0 aliphatic heterocycles. The second kappa shape index (κ2) is 7.50. The Balaban J connectivity index is 2.58. The summed E-state index contributed by atoms with van der Waals surface area (Å²) in [5.41, 5.74) is 1.25. The van der Waals surface area contributed by atoms with Gasteiger partial charge in [-0.05, 0) is 42.8 Å². The van der Waals surface area contributed by atoms with Crippen molar-refractivity contribution in [3.8, 4) is 0 Å². The highest BCUT2D eigenvalue weighted by molar-refractivity contribution is 9.10. The molecule has 0 saturated heterocycles. The van der Waals surface area contributed by atoms with E-state index in [9.17, 15) is 0 Å². The topological polar surface area (TPSA) is 3.24 Å². The molecule has 0 saturated carbocycles. The molecule has 16 heavy (non-hydrogen) atoms. The lowest BCUT2D eigenvalue weighted by Crippen LogP contribution is -2.18. The van der Waals surface area contributed by atoms with Crippen molar-refractivity contribution in [1.82, 2.24) is 4.90 Å². The largest absolute Gasteiger partial charge is 0.377 e. The molecule has 1 aromatic rings. The van der Waals surface area contributed by atoms with Gasteiger partial charge in [0.05, 0.1) is 0 Å². The van der Waals surface area contributed by atoms with Gasteiger partial charge < -0.3 is 4.90 Å². The smallest absolute Gasteiger partial charge is 0.0175 e. The van der Waals surface area contributed by atoms with Gasteiger partial charge in [0, 0.05) is 17.6 Å². The molecule has 0 aromatic heterocycles. The van der Waals surface area contributed by atoms with Crippen LogP contribution in [0.2, 0.25) is 0 Å². The molecule has 1 aromatic carbocycles. The van der Waals surface area contributed by atoms with Crippen molar-refractivity contribution in [2.75, 3.05) is 13.1 Å². The highest BCUT2D eigenvalue weighted by Crippen LogP contribution is 2.12. The van der Waals surface area contributed by atoms with Crippen molar-refractivity contribution >= 4 is 22.0 Å². The van der Waals surface area contributed by atoms with Gasteiger partial charge >= 0.3 is 0 Å². The first-order valence-corrected chi connectivity index (χ1v) is 6.73. The average Bonchev–Trinajstić information content (AvgIpc) is 2.29. The Morgan fingerprint density at radius 2 is 1.62 bits per heavy atom. The highest BCUT2D eigenvalue weighted by Gasteiger charge is 1.95. The molecule has 0 spiro atoms. The van der Waals surface area contributed by atoms with E-state index in [1.54, 1.807) is 0 Å². The number of rotatable bonds is 6. The number of halogens is 1. The van der Waals surface area contributed by atoms with Gasteiger partial charge in [0.1, 0.15) is 0 Å². The third-order valence-corrected chi connectivity index (χ3v) is 2.90. The second-order valence-electron chi connectivity index (χ2n) is 3.90. The van der Waals surface area contributed by atoms with Crippen molar-refractivity contribution in [1.29, 1.82) is 0 Å². The Bertz CT molecular complexity index is 310. The Labute approximate surface area is 107 Å². The van der Waals surface area contributed by atoms with E-state index in [0.29, 0.717) is 0 Å².